The monoisotopic (exact) mass is 407 g/mol. The smallest absolute Gasteiger partial charge is 0.253 e. The zero-order valence-corrected chi connectivity index (χ0v) is 18.2. The fourth-order valence-electron chi connectivity index (χ4n) is 3.60. The Labute approximate surface area is 179 Å². The summed E-state index contributed by atoms with van der Waals surface area (Å²) in [4.78, 5) is 25.0. The Bertz CT molecular complexity index is 857. The second-order valence-corrected chi connectivity index (χ2v) is 8.44. The van der Waals surface area contributed by atoms with Gasteiger partial charge in [-0.2, -0.15) is 0 Å². The highest BCUT2D eigenvalue weighted by Crippen LogP contribution is 2.23. The average Bonchev–Trinajstić information content (AvgIpc) is 3.53. The molecule has 1 aliphatic rings. The predicted molar refractivity (Wildman–Crippen MR) is 122 cm³/mol. The number of nitrogens with one attached hydrogen (secondary N) is 3. The first-order valence-corrected chi connectivity index (χ1v) is 11.0. The van der Waals surface area contributed by atoms with E-state index in [9.17, 15) is 9.59 Å². The van der Waals surface area contributed by atoms with E-state index in [2.05, 4.69) is 61.0 Å². The van der Waals surface area contributed by atoms with Crippen LogP contribution in [0.4, 0.5) is 5.69 Å². The molecule has 1 saturated carbocycles. The molecule has 1 fully saturated rings. The molecule has 0 heterocycles. The third kappa shape index (κ3) is 6.17. The summed E-state index contributed by atoms with van der Waals surface area (Å²) >= 11 is 0. The number of rotatable bonds is 10. The third-order valence-electron chi connectivity index (χ3n) is 5.39. The molecule has 0 aliphatic heterocycles. The van der Waals surface area contributed by atoms with Crippen molar-refractivity contribution in [3.05, 3.63) is 65.2 Å². The van der Waals surface area contributed by atoms with Crippen LogP contribution in [0, 0.1) is 5.92 Å². The summed E-state index contributed by atoms with van der Waals surface area (Å²) in [5.41, 5.74) is 3.57. The topological polar surface area (TPSA) is 70.2 Å². The van der Waals surface area contributed by atoms with Crippen LogP contribution >= 0.6 is 0 Å². The highest BCUT2D eigenvalue weighted by atomic mass is 16.2. The van der Waals surface area contributed by atoms with Crippen molar-refractivity contribution in [1.29, 1.82) is 0 Å². The zero-order chi connectivity index (χ0) is 21.5. The van der Waals surface area contributed by atoms with Gasteiger partial charge in [-0.1, -0.05) is 63.6 Å². The van der Waals surface area contributed by atoms with Crippen LogP contribution in [0.25, 0.3) is 0 Å². The number of hydrogen-bond donors (Lipinski definition) is 3. The maximum Gasteiger partial charge on any atom is 0.253 e. The molecule has 0 unspecified atom stereocenters. The second-order valence-electron chi connectivity index (χ2n) is 8.44. The predicted octanol–water partition coefficient (Wildman–Crippen LogP) is 4.46. The summed E-state index contributed by atoms with van der Waals surface area (Å²) in [6, 6.07) is 16.2. The normalized spacial score (nSPS) is 14.4. The zero-order valence-electron chi connectivity index (χ0n) is 18.2. The molecule has 160 valence electrons. The average molecular weight is 408 g/mol. The molecular formula is C25H33N3O2. The maximum absolute atomic E-state index is 12.6. The summed E-state index contributed by atoms with van der Waals surface area (Å²) in [6.45, 7) is 6.65. The number of anilines is 1. The summed E-state index contributed by atoms with van der Waals surface area (Å²) in [5, 5.41) is 9.26. The highest BCUT2D eigenvalue weighted by Gasteiger charge is 2.25. The maximum atomic E-state index is 12.6. The minimum atomic E-state index is -0.157. The van der Waals surface area contributed by atoms with Crippen molar-refractivity contribution in [3.63, 3.8) is 0 Å². The Kier molecular flexibility index (Phi) is 7.63. The number of carbonyl (C=O) groups is 2. The van der Waals surface area contributed by atoms with Crippen molar-refractivity contribution in [2.24, 2.45) is 5.92 Å². The molecule has 1 aliphatic carbocycles. The van der Waals surface area contributed by atoms with E-state index < -0.39 is 0 Å². The van der Waals surface area contributed by atoms with Crippen molar-refractivity contribution >= 4 is 17.5 Å². The van der Waals surface area contributed by atoms with E-state index in [1.165, 1.54) is 11.1 Å². The van der Waals surface area contributed by atoms with E-state index in [-0.39, 0.29) is 30.4 Å². The van der Waals surface area contributed by atoms with Crippen molar-refractivity contribution in [1.82, 2.24) is 10.6 Å². The van der Waals surface area contributed by atoms with Crippen molar-refractivity contribution in [2.45, 2.75) is 58.5 Å². The number of aryl methyl sites for hydroxylation is 1. The number of amides is 2. The van der Waals surface area contributed by atoms with Crippen LogP contribution in [0.15, 0.2) is 48.5 Å². The van der Waals surface area contributed by atoms with E-state index >= 15 is 0 Å². The molecule has 2 amide bonds. The van der Waals surface area contributed by atoms with Crippen LogP contribution in [-0.2, 0) is 11.2 Å². The Morgan fingerprint density at radius 2 is 1.73 bits per heavy atom. The summed E-state index contributed by atoms with van der Waals surface area (Å²) in [5.74, 6) is 0.0509. The SMILES string of the molecule is CCCc1ccc([C@H](NCC(=O)Nc2ccccc2C(=O)NC2CC2)C(C)C)cc1. The van der Waals surface area contributed by atoms with Gasteiger partial charge in [0.1, 0.15) is 0 Å². The van der Waals surface area contributed by atoms with Gasteiger partial charge < -0.3 is 16.0 Å². The largest absolute Gasteiger partial charge is 0.349 e. The van der Waals surface area contributed by atoms with Crippen LogP contribution in [0.1, 0.15) is 67.6 Å². The van der Waals surface area contributed by atoms with Gasteiger partial charge in [0.2, 0.25) is 5.91 Å². The van der Waals surface area contributed by atoms with Gasteiger partial charge in [0, 0.05) is 12.1 Å². The molecule has 0 radical (unpaired) electrons. The molecule has 2 aromatic rings. The molecule has 0 aromatic heterocycles. The van der Waals surface area contributed by atoms with Gasteiger partial charge in [0.25, 0.3) is 5.91 Å². The standard InChI is InChI=1S/C25H33N3O2/c1-4-7-18-10-12-19(13-11-18)24(17(2)3)26-16-23(29)28-22-9-6-5-8-21(22)25(30)27-20-14-15-20/h5-6,8-13,17,20,24,26H,4,7,14-16H2,1-3H3,(H,27,30)(H,28,29)/t24-/m1/s1. The molecule has 3 N–H and O–H groups in total. The Morgan fingerprint density at radius 3 is 2.37 bits per heavy atom. The van der Waals surface area contributed by atoms with Gasteiger partial charge in [-0.3, -0.25) is 9.59 Å². The molecule has 0 bridgehead atoms. The van der Waals surface area contributed by atoms with Gasteiger partial charge >= 0.3 is 0 Å². The fourth-order valence-corrected chi connectivity index (χ4v) is 3.60. The highest BCUT2D eigenvalue weighted by molar-refractivity contribution is 6.04. The number of para-hydroxylation sites is 1. The number of carbonyl (C=O) groups excluding carboxylic acids is 2. The molecule has 1 atom stereocenters. The summed E-state index contributed by atoms with van der Waals surface area (Å²) in [6.07, 6.45) is 4.27. The molecule has 30 heavy (non-hydrogen) atoms. The van der Waals surface area contributed by atoms with Crippen molar-refractivity contribution in [2.75, 3.05) is 11.9 Å². The molecule has 3 rings (SSSR count). The van der Waals surface area contributed by atoms with E-state index in [0.717, 1.165) is 25.7 Å². The molecular weight excluding hydrogens is 374 g/mol. The second kappa shape index (κ2) is 10.4. The molecule has 0 saturated heterocycles. The Hall–Kier alpha value is -2.66. The van der Waals surface area contributed by atoms with E-state index in [1.807, 2.05) is 12.1 Å². The fraction of sp³-hybridized carbons (Fsp3) is 0.440. The van der Waals surface area contributed by atoms with Crippen LogP contribution in [0.5, 0.6) is 0 Å². The van der Waals surface area contributed by atoms with Gasteiger partial charge in [0.05, 0.1) is 17.8 Å². The van der Waals surface area contributed by atoms with Crippen LogP contribution in [-0.4, -0.2) is 24.4 Å². The van der Waals surface area contributed by atoms with E-state index in [0.29, 0.717) is 17.2 Å². The molecule has 2 aromatic carbocycles. The first kappa shape index (κ1) is 22.0. The van der Waals surface area contributed by atoms with Crippen molar-refractivity contribution < 1.29 is 9.59 Å². The lowest BCUT2D eigenvalue weighted by Gasteiger charge is -2.23. The summed E-state index contributed by atoms with van der Waals surface area (Å²) in [7, 11) is 0. The Morgan fingerprint density at radius 1 is 1.03 bits per heavy atom. The van der Waals surface area contributed by atoms with Gasteiger partial charge in [-0.25, -0.2) is 0 Å². The minimum Gasteiger partial charge on any atom is -0.349 e. The molecule has 5 nitrogen and oxygen atoms in total. The van der Waals surface area contributed by atoms with E-state index in [4.69, 9.17) is 0 Å². The number of hydrogen-bond acceptors (Lipinski definition) is 3. The van der Waals surface area contributed by atoms with Gasteiger partial charge in [0.15, 0.2) is 0 Å². The van der Waals surface area contributed by atoms with Gasteiger partial charge in [-0.15, -0.1) is 0 Å². The van der Waals surface area contributed by atoms with Crippen LogP contribution in [0.3, 0.4) is 0 Å². The summed E-state index contributed by atoms with van der Waals surface area (Å²) < 4.78 is 0. The first-order valence-electron chi connectivity index (χ1n) is 11.0. The lowest BCUT2D eigenvalue weighted by Crippen LogP contribution is -2.34. The lowest BCUT2D eigenvalue weighted by atomic mass is 9.94. The molecule has 5 heteroatoms. The lowest BCUT2D eigenvalue weighted by molar-refractivity contribution is -0.115. The van der Waals surface area contributed by atoms with E-state index in [1.54, 1.807) is 12.1 Å². The quantitative estimate of drug-likeness (QED) is 0.545. The first-order chi connectivity index (χ1) is 14.5. The minimum absolute atomic E-state index is 0.0832. The Balaban J connectivity index is 1.60. The molecule has 0 spiro atoms. The van der Waals surface area contributed by atoms with Crippen molar-refractivity contribution in [3.8, 4) is 0 Å². The third-order valence-corrected chi connectivity index (χ3v) is 5.39. The number of benzene rings is 2. The van der Waals surface area contributed by atoms with Gasteiger partial charge in [-0.05, 0) is 48.4 Å². The van der Waals surface area contributed by atoms with Crippen LogP contribution < -0.4 is 16.0 Å². The van der Waals surface area contributed by atoms with Crippen LogP contribution in [0.2, 0.25) is 0 Å².